The van der Waals surface area contributed by atoms with E-state index in [-0.39, 0.29) is 29.4 Å². The highest BCUT2D eigenvalue weighted by Crippen LogP contribution is 2.40. The summed E-state index contributed by atoms with van der Waals surface area (Å²) in [5, 5.41) is 44.2. The second kappa shape index (κ2) is 37.8. The van der Waals surface area contributed by atoms with Gasteiger partial charge in [0.25, 0.3) is 32.4 Å². The van der Waals surface area contributed by atoms with Crippen LogP contribution in [-0.2, 0) is 24.0 Å². The Morgan fingerprint density at radius 2 is 0.618 bits per heavy atom. The lowest BCUT2D eigenvalue weighted by Crippen LogP contribution is -2.08. The van der Waals surface area contributed by atoms with Crippen molar-refractivity contribution in [2.45, 2.75) is 6.92 Å². The number of fused-ring (bicyclic) bond motifs is 5. The molecule has 10 aromatic heterocycles. The Kier molecular flexibility index (Phi) is 25.2. The fourth-order valence-corrected chi connectivity index (χ4v) is 17.1. The van der Waals surface area contributed by atoms with Gasteiger partial charge in [0.15, 0.2) is 0 Å². The zero-order valence-electron chi connectivity index (χ0n) is 64.9. The highest BCUT2D eigenvalue weighted by molar-refractivity contribution is 9.10. The van der Waals surface area contributed by atoms with E-state index in [4.69, 9.17) is 60.8 Å². The van der Waals surface area contributed by atoms with Gasteiger partial charge in [-0.2, -0.15) is 50.4 Å². The van der Waals surface area contributed by atoms with Gasteiger partial charge >= 0.3 is 0 Å². The highest BCUT2D eigenvalue weighted by atomic mass is 79.9. The summed E-state index contributed by atoms with van der Waals surface area (Å²) >= 11 is 16.5. The minimum atomic E-state index is 0.247. The van der Waals surface area contributed by atoms with Crippen LogP contribution in [0.1, 0.15) is 5.56 Å². The van der Waals surface area contributed by atoms with Crippen LogP contribution in [0, 0.1) is 6.92 Å². The molecule has 1 N–H and O–H groups in total. The highest BCUT2D eigenvalue weighted by Gasteiger charge is 2.24. The Morgan fingerprint density at radius 1 is 0.341 bits per heavy atom. The number of nitrogens with one attached hydrogen (secondary N) is 1. The lowest BCUT2D eigenvalue weighted by Gasteiger charge is -2.12. The smallest absolute Gasteiger partial charge is 0.299 e. The van der Waals surface area contributed by atoms with Crippen molar-refractivity contribution in [2.75, 3.05) is 31.4 Å². The van der Waals surface area contributed by atoms with E-state index >= 15 is 0 Å². The van der Waals surface area contributed by atoms with Crippen LogP contribution >= 0.6 is 84.2 Å². The molecular weight excluding hydrogens is 1740 g/mol. The van der Waals surface area contributed by atoms with E-state index in [2.05, 4.69) is 82.6 Å². The van der Waals surface area contributed by atoms with Crippen LogP contribution < -0.4 is 33.9 Å². The van der Waals surface area contributed by atoms with E-state index in [0.29, 0.717) is 63.0 Å². The third-order valence-corrected chi connectivity index (χ3v) is 23.3. The van der Waals surface area contributed by atoms with Crippen LogP contribution in [0.5, 0.6) is 29.4 Å². The van der Waals surface area contributed by atoms with Gasteiger partial charge in [-0.15, -0.1) is 0 Å². The molecule has 20 rings (SSSR count). The molecule has 0 amide bonds. The van der Waals surface area contributed by atoms with E-state index in [9.17, 15) is 24.0 Å². The molecule has 0 spiro atoms. The molecule has 0 saturated heterocycles. The van der Waals surface area contributed by atoms with Crippen molar-refractivity contribution in [1.82, 2.24) is 73.8 Å². The van der Waals surface area contributed by atoms with E-state index in [1.165, 1.54) is 56.7 Å². The molecular formula is C89H63BrClN17O10S5. The lowest BCUT2D eigenvalue weighted by atomic mass is 10.1. The van der Waals surface area contributed by atoms with Gasteiger partial charge in [-0.3, -0.25) is 24.0 Å². The molecule has 0 fully saturated rings. The maximum Gasteiger partial charge on any atom is 0.299 e. The van der Waals surface area contributed by atoms with Gasteiger partial charge in [0.05, 0.1) is 54.5 Å². The molecule has 10 aromatic carbocycles. The van der Waals surface area contributed by atoms with E-state index < -0.39 is 0 Å². The molecule has 27 nitrogen and oxygen atoms in total. The van der Waals surface area contributed by atoms with Crippen LogP contribution in [0.25, 0.3) is 136 Å². The van der Waals surface area contributed by atoms with Crippen LogP contribution in [0.3, 0.4) is 0 Å². The van der Waals surface area contributed by atoms with Gasteiger partial charge in [-0.1, -0.05) is 248 Å². The summed E-state index contributed by atoms with van der Waals surface area (Å²) < 4.78 is 33.9. The van der Waals surface area contributed by atoms with Gasteiger partial charge in [0.2, 0.25) is 55.1 Å². The molecule has 0 aliphatic rings. The van der Waals surface area contributed by atoms with Gasteiger partial charge in [-0.05, 0) is 91.3 Å². The number of rotatable bonds is 22. The number of ether oxygens (including phenoxy) is 5. The number of aromatic nitrogens is 15. The predicted molar refractivity (Wildman–Crippen MR) is 486 cm³/mol. The Bertz CT molecular complexity index is 6760. The molecule has 10 heterocycles. The third kappa shape index (κ3) is 18.2. The van der Waals surface area contributed by atoms with Crippen molar-refractivity contribution in [3.63, 3.8) is 0 Å². The fourth-order valence-electron chi connectivity index (χ4n) is 13.1. The van der Waals surface area contributed by atoms with Crippen LogP contribution in [0.2, 0.25) is 5.02 Å². The van der Waals surface area contributed by atoms with Crippen molar-refractivity contribution in [2.24, 2.45) is 0 Å². The SMILES string of the molecule is CN(C)c1ccc2c(-c3ccccc3)nn(-c3nc(OC=O)cs3)c2c1.CNc1ccc2c(-c3ccccc3)nn(-c3nc(OC=O)cs3)c2c1.Cc1ccc2c(-c3ccccc3)nn(-c3nc(OC=O)cs3)c2c1.O=COc1csc(-n2nc(-c3ccccc3)c3ccc(Br)cc32)n1.O=COc1csc(-n2nc(-c3ccccc3)c3ccc(Cl)cc32)n1. The van der Waals surface area contributed by atoms with Crippen LogP contribution in [0.15, 0.2) is 274 Å². The van der Waals surface area contributed by atoms with Crippen molar-refractivity contribution in [1.29, 1.82) is 0 Å². The first-order valence-corrected chi connectivity index (χ1v) is 42.7. The largest absolute Gasteiger partial charge is 0.409 e. The average molecular weight is 1810 g/mol. The summed E-state index contributed by atoms with van der Waals surface area (Å²) in [6, 6.07) is 80.2. The second-order valence-electron chi connectivity index (χ2n) is 26.5. The molecule has 0 radical (unpaired) electrons. The molecule has 0 unspecified atom stereocenters. The topological polar surface area (TPSA) is 300 Å². The zero-order chi connectivity index (χ0) is 84.9. The number of carbonyl (C=O) groups excluding carboxylic acids is 5. The number of nitrogens with zero attached hydrogens (tertiary/aromatic N) is 16. The molecule has 0 aliphatic heterocycles. The number of halogens is 2. The molecule has 608 valence electrons. The summed E-state index contributed by atoms with van der Waals surface area (Å²) in [5.74, 6) is 1.34. The monoisotopic (exact) mass is 1800 g/mol. The number of anilines is 2. The Morgan fingerprint density at radius 3 is 0.935 bits per heavy atom. The number of thiazole rings is 5. The minimum Gasteiger partial charge on any atom is -0.409 e. The molecule has 0 bridgehead atoms. The number of benzene rings is 10. The van der Waals surface area contributed by atoms with Crippen molar-refractivity contribution in [3.05, 3.63) is 285 Å². The Hall–Kier alpha value is -14.6. The first-order valence-electron chi connectivity index (χ1n) is 37.1. The fraction of sp³-hybridized carbons (Fsp3) is 0.0449. The molecule has 123 heavy (non-hydrogen) atoms. The quantitative estimate of drug-likeness (QED) is 0.0616. The standard InChI is InChI=1S/C19H16N4O2S.C18H14N4O2S.C18H13N3O2S.C17H10BrN3O2S.C17H10ClN3O2S/c1-22(2)14-8-9-15-16(10-14)23(19-20-17(11-26-19)25-12-24)21-18(15)13-6-4-3-5-7-13;1-19-13-7-8-14-15(9-13)22(18-20-16(10-25-18)24-11-23)21-17(14)12-5-3-2-4-6-12;1-12-7-8-14-15(9-12)21(18-19-16(10-24-18)23-11-22)20-17(14)13-5-3-2-4-6-13;2*18-12-6-7-13-14(8-12)21(17-19-15(9-24-17)23-10-22)20-16(13)11-4-2-1-3-5-11/h3-12H,1-2H3;2-11,19H,1H3;2-11H,1H3;2*1-10H. The van der Waals surface area contributed by atoms with Crippen molar-refractivity contribution < 1.29 is 47.7 Å². The number of aryl methyl sites for hydroxylation is 1. The van der Waals surface area contributed by atoms with Crippen molar-refractivity contribution >= 4 is 182 Å². The summed E-state index contributed by atoms with van der Waals surface area (Å²) in [5.41, 5.74) is 17.4. The van der Waals surface area contributed by atoms with Gasteiger partial charge in [0.1, 0.15) is 28.5 Å². The molecule has 34 heteroatoms. The number of hydrogen-bond acceptors (Lipinski definition) is 27. The van der Waals surface area contributed by atoms with Gasteiger partial charge in [0, 0.05) is 96.8 Å². The molecule has 0 aliphatic carbocycles. The summed E-state index contributed by atoms with van der Waals surface area (Å²) in [6.07, 6.45) is 0. The predicted octanol–water partition coefficient (Wildman–Crippen LogP) is 20.3. The average Bonchev–Trinajstić information content (AvgIpc) is 1.64. The van der Waals surface area contributed by atoms with E-state index in [1.54, 1.807) is 50.3 Å². The Balaban J connectivity index is 0.000000114. The second-order valence-corrected chi connectivity index (χ2v) is 32.0. The van der Waals surface area contributed by atoms with Gasteiger partial charge < -0.3 is 33.9 Å². The molecule has 0 atom stereocenters. The lowest BCUT2D eigenvalue weighted by molar-refractivity contribution is -0.121. The summed E-state index contributed by atoms with van der Waals surface area (Å²) in [6.45, 7) is 3.88. The van der Waals surface area contributed by atoms with E-state index in [1.807, 2.05) is 239 Å². The normalized spacial score (nSPS) is 10.8. The van der Waals surface area contributed by atoms with Gasteiger partial charge in [-0.25, -0.2) is 23.4 Å². The first kappa shape index (κ1) is 82.1. The summed E-state index contributed by atoms with van der Waals surface area (Å²) in [4.78, 5) is 76.1. The number of carbonyl (C=O) groups is 5. The maximum absolute atomic E-state index is 10.6. The van der Waals surface area contributed by atoms with E-state index in [0.717, 1.165) is 132 Å². The Labute approximate surface area is 732 Å². The third-order valence-electron chi connectivity index (χ3n) is 18.6. The van der Waals surface area contributed by atoms with Crippen LogP contribution in [-0.4, -0.2) is 127 Å². The minimum absolute atomic E-state index is 0.247. The van der Waals surface area contributed by atoms with Crippen LogP contribution in [0.4, 0.5) is 11.4 Å². The van der Waals surface area contributed by atoms with Crippen molar-refractivity contribution in [3.8, 4) is 111 Å². The summed E-state index contributed by atoms with van der Waals surface area (Å²) in [7, 11) is 5.87. The first-order chi connectivity index (χ1) is 60.2. The number of hydrogen-bond donors (Lipinski definition) is 1. The molecule has 20 aromatic rings. The zero-order valence-corrected chi connectivity index (χ0v) is 71.3. The maximum atomic E-state index is 10.6. The molecule has 0 saturated carbocycles.